The van der Waals surface area contributed by atoms with Gasteiger partial charge in [0.25, 0.3) is 11.8 Å². The van der Waals surface area contributed by atoms with Gasteiger partial charge in [0.2, 0.25) is 17.4 Å². The largest absolute Gasteiger partial charge is 0.477 e. The van der Waals surface area contributed by atoms with Crippen molar-refractivity contribution in [3.05, 3.63) is 28.7 Å². The van der Waals surface area contributed by atoms with Crippen LogP contribution in [0.1, 0.15) is 18.7 Å². The minimum Gasteiger partial charge on any atom is -0.477 e. The number of likely N-dealkylation sites (tertiary alicyclic amines) is 1. The van der Waals surface area contributed by atoms with E-state index in [1.165, 1.54) is 11.8 Å². The molecule has 0 bridgehead atoms. The van der Waals surface area contributed by atoms with E-state index in [9.17, 15) is 29.5 Å². The van der Waals surface area contributed by atoms with Crippen molar-refractivity contribution in [3.8, 4) is 0 Å². The Labute approximate surface area is 212 Å². The number of allylic oxidation sites excluding steroid dienone is 1. The van der Waals surface area contributed by atoms with Crippen molar-refractivity contribution in [3.63, 3.8) is 0 Å². The highest BCUT2D eigenvalue weighted by atomic mass is 32.2. The summed E-state index contributed by atoms with van der Waals surface area (Å²) in [7, 11) is 0. The average Bonchev–Trinajstić information content (AvgIpc) is 3.60. The second-order valence-electron chi connectivity index (χ2n) is 8.51. The molecule has 3 atom stereocenters. The number of rotatable bonds is 6. The maximum absolute atomic E-state index is 12.9. The molecule has 14 nitrogen and oxygen atoms in total. The number of carbonyl (C=O) groups excluding carboxylic acids is 3. The molecule has 0 radical (unpaired) electrons. The Hall–Kier alpha value is -3.50. The topological polar surface area (TPSA) is 203 Å². The number of nitrogens with one attached hydrogen (secondary N) is 2. The molecule has 3 amide bonds. The van der Waals surface area contributed by atoms with E-state index in [4.69, 9.17) is 5.73 Å². The first-order valence-electron chi connectivity index (χ1n) is 11.1. The lowest BCUT2D eigenvalue weighted by Gasteiger charge is -2.49. The molecule has 1 aromatic heterocycles. The van der Waals surface area contributed by atoms with Crippen LogP contribution in [0.15, 0.2) is 28.1 Å². The van der Waals surface area contributed by atoms with Crippen LogP contribution in [0.25, 0.3) is 0 Å². The lowest BCUT2D eigenvalue weighted by molar-refractivity contribution is -0.150. The van der Waals surface area contributed by atoms with Gasteiger partial charge < -0.3 is 31.6 Å². The number of hydrogen-bond donors (Lipinski definition) is 5. The Bertz CT molecular complexity index is 1240. The molecule has 4 aliphatic rings. The Morgan fingerprint density at radius 3 is 2.78 bits per heavy atom. The zero-order valence-corrected chi connectivity index (χ0v) is 20.3. The molecule has 16 heteroatoms. The van der Waals surface area contributed by atoms with E-state index >= 15 is 0 Å². The summed E-state index contributed by atoms with van der Waals surface area (Å²) in [6, 6.07) is -0.914. The van der Waals surface area contributed by atoms with Gasteiger partial charge in [-0.25, -0.2) is 4.79 Å². The van der Waals surface area contributed by atoms with Gasteiger partial charge in [-0.2, -0.15) is 9.36 Å². The number of anilines is 1. The van der Waals surface area contributed by atoms with Gasteiger partial charge in [-0.1, -0.05) is 5.16 Å². The smallest absolute Gasteiger partial charge is 0.352 e. The summed E-state index contributed by atoms with van der Waals surface area (Å²) in [6.45, 7) is 2.17. The number of aliphatic carboxylic acids is 1. The molecule has 4 aliphatic heterocycles. The zero-order valence-electron chi connectivity index (χ0n) is 18.7. The summed E-state index contributed by atoms with van der Waals surface area (Å²) in [6.07, 6.45) is 2.97. The molecule has 0 aliphatic carbocycles. The number of aromatic nitrogens is 2. The SMILES string of the molecule is Nc1nc(/C(=N\O)C(=O)N[C@@H]2C(=O)N3C(C(=O)O)=C(/C=C4\CCN(C5CCNC5)C4=O)CSC23)ns1. The molecule has 5 heterocycles. The van der Waals surface area contributed by atoms with E-state index in [-0.39, 0.29) is 34.4 Å². The summed E-state index contributed by atoms with van der Waals surface area (Å²) >= 11 is 2.07. The minimum atomic E-state index is -1.30. The molecule has 0 aromatic carbocycles. The standard InChI is InChI=1S/C20H22N8O6S2/c21-20-24-14(26-36-20)11(25-34)15(29)23-12-17(31)28-13(19(32)33)9(7-35-18(12)28)5-8-2-4-27(16(8)30)10-1-3-22-6-10/h5,10,12,18,22,34H,1-4,6-7H2,(H,23,29)(H,32,33)(H2,21,24,26)/b8-5+,25-11+/t10?,12-,18?/m1/s1. The molecule has 36 heavy (non-hydrogen) atoms. The molecule has 3 saturated heterocycles. The van der Waals surface area contributed by atoms with Crippen LogP contribution in [-0.4, -0.2) is 102 Å². The average molecular weight is 535 g/mol. The Balaban J connectivity index is 1.33. The fraction of sp³-hybridized carbons (Fsp3) is 0.450. The Morgan fingerprint density at radius 1 is 1.33 bits per heavy atom. The molecule has 3 fully saturated rings. The highest BCUT2D eigenvalue weighted by Crippen LogP contribution is 2.41. The van der Waals surface area contributed by atoms with Gasteiger partial charge in [-0.3, -0.25) is 19.3 Å². The Kier molecular flexibility index (Phi) is 6.40. The van der Waals surface area contributed by atoms with Gasteiger partial charge in [0.1, 0.15) is 17.1 Å². The summed E-state index contributed by atoms with van der Waals surface area (Å²) in [5, 5.41) is 27.1. The quantitative estimate of drug-likeness (QED) is 0.0939. The number of nitrogens with two attached hydrogens (primary N) is 1. The van der Waals surface area contributed by atoms with E-state index < -0.39 is 34.9 Å². The monoisotopic (exact) mass is 534 g/mol. The lowest BCUT2D eigenvalue weighted by Crippen LogP contribution is -2.71. The van der Waals surface area contributed by atoms with Gasteiger partial charge in [-0.15, -0.1) is 11.8 Å². The number of amides is 3. The minimum absolute atomic E-state index is 0.0642. The van der Waals surface area contributed by atoms with Crippen molar-refractivity contribution >= 4 is 57.8 Å². The predicted molar refractivity (Wildman–Crippen MR) is 128 cm³/mol. The molecule has 0 saturated carbocycles. The van der Waals surface area contributed by atoms with E-state index in [2.05, 4.69) is 25.1 Å². The first-order valence-corrected chi connectivity index (χ1v) is 12.9. The number of hydrogen-bond acceptors (Lipinski definition) is 12. The number of nitrogens with zero attached hydrogens (tertiary/aromatic N) is 5. The second kappa shape index (κ2) is 9.51. The molecule has 1 aromatic rings. The van der Waals surface area contributed by atoms with Crippen molar-refractivity contribution in [2.45, 2.75) is 30.3 Å². The normalized spacial score (nSPS) is 27.5. The molecule has 0 spiro atoms. The van der Waals surface area contributed by atoms with Crippen LogP contribution in [0.2, 0.25) is 0 Å². The summed E-state index contributed by atoms with van der Waals surface area (Å²) in [5.74, 6) is -2.90. The van der Waals surface area contributed by atoms with Crippen LogP contribution in [-0.2, 0) is 19.2 Å². The third-order valence-electron chi connectivity index (χ3n) is 6.44. The van der Waals surface area contributed by atoms with Crippen molar-refractivity contribution in [1.82, 2.24) is 29.8 Å². The number of oxime groups is 1. The van der Waals surface area contributed by atoms with Gasteiger partial charge >= 0.3 is 5.97 Å². The molecular formula is C20H22N8O6S2. The highest BCUT2D eigenvalue weighted by Gasteiger charge is 2.54. The summed E-state index contributed by atoms with van der Waals surface area (Å²) in [5.41, 5.74) is 5.67. The maximum atomic E-state index is 12.9. The third-order valence-corrected chi connectivity index (χ3v) is 8.28. The van der Waals surface area contributed by atoms with Gasteiger partial charge in [-0.05, 0) is 31.0 Å². The first kappa shape index (κ1) is 24.2. The van der Waals surface area contributed by atoms with Crippen LogP contribution in [0.5, 0.6) is 0 Å². The van der Waals surface area contributed by atoms with E-state index in [0.717, 1.165) is 35.9 Å². The number of carboxylic acid groups (broad SMARTS) is 1. The zero-order chi connectivity index (χ0) is 25.6. The first-order chi connectivity index (χ1) is 17.3. The van der Waals surface area contributed by atoms with Crippen LogP contribution < -0.4 is 16.4 Å². The molecule has 190 valence electrons. The van der Waals surface area contributed by atoms with Gasteiger partial charge in [0.15, 0.2) is 5.13 Å². The van der Waals surface area contributed by atoms with Gasteiger partial charge in [0.05, 0.1) is 0 Å². The number of fused-ring (bicyclic) bond motifs is 1. The number of carbonyl (C=O) groups is 4. The van der Waals surface area contributed by atoms with E-state index in [1.54, 1.807) is 6.08 Å². The highest BCUT2D eigenvalue weighted by molar-refractivity contribution is 8.00. The number of nitrogen functional groups attached to an aromatic ring is 1. The summed E-state index contributed by atoms with van der Waals surface area (Å²) < 4.78 is 3.82. The van der Waals surface area contributed by atoms with Crippen LogP contribution in [0, 0.1) is 0 Å². The summed E-state index contributed by atoms with van der Waals surface area (Å²) in [4.78, 5) is 57.3. The molecule has 2 unspecified atom stereocenters. The number of thioether (sulfide) groups is 1. The molecule has 5 rings (SSSR count). The number of carboxylic acids is 1. The van der Waals surface area contributed by atoms with Crippen molar-refractivity contribution < 1.29 is 29.5 Å². The van der Waals surface area contributed by atoms with Crippen LogP contribution in [0.4, 0.5) is 5.13 Å². The molecular weight excluding hydrogens is 512 g/mol. The lowest BCUT2D eigenvalue weighted by atomic mass is 10.0. The van der Waals surface area contributed by atoms with Crippen molar-refractivity contribution in [2.24, 2.45) is 5.16 Å². The third kappa shape index (κ3) is 4.10. The fourth-order valence-electron chi connectivity index (χ4n) is 4.72. The predicted octanol–water partition coefficient (Wildman–Crippen LogP) is -1.44. The molecule has 6 N–H and O–H groups in total. The van der Waals surface area contributed by atoms with Crippen LogP contribution in [0.3, 0.4) is 0 Å². The fourth-order valence-corrected chi connectivity index (χ4v) is 6.46. The second-order valence-corrected chi connectivity index (χ2v) is 10.4. The maximum Gasteiger partial charge on any atom is 0.352 e. The Morgan fingerprint density at radius 2 is 2.14 bits per heavy atom. The number of β-lactam (4-membered cyclic amide) rings is 1. The van der Waals surface area contributed by atoms with E-state index in [1.807, 2.05) is 4.90 Å². The van der Waals surface area contributed by atoms with Crippen LogP contribution >= 0.6 is 23.3 Å². The van der Waals surface area contributed by atoms with Crippen molar-refractivity contribution in [2.75, 3.05) is 31.1 Å². The van der Waals surface area contributed by atoms with Gasteiger partial charge in [0, 0.05) is 42.0 Å². The van der Waals surface area contributed by atoms with Crippen molar-refractivity contribution in [1.29, 1.82) is 0 Å². The van der Waals surface area contributed by atoms with E-state index in [0.29, 0.717) is 24.1 Å².